The van der Waals surface area contributed by atoms with Crippen LogP contribution in [0.15, 0.2) is 29.2 Å². The summed E-state index contributed by atoms with van der Waals surface area (Å²) in [5.74, 6) is 1.26. The molecule has 0 spiro atoms. The van der Waals surface area contributed by atoms with Crippen molar-refractivity contribution in [2.24, 2.45) is 0 Å². The van der Waals surface area contributed by atoms with Gasteiger partial charge in [-0.15, -0.1) is 4.90 Å². The van der Waals surface area contributed by atoms with Gasteiger partial charge < -0.3 is 17.0 Å². The van der Waals surface area contributed by atoms with Crippen LogP contribution in [0.1, 0.15) is 39.0 Å². The molecule has 0 heterocycles. The fourth-order valence-electron chi connectivity index (χ4n) is 1.36. The van der Waals surface area contributed by atoms with Crippen LogP contribution in [0.25, 0.3) is 0 Å². The second-order valence-electron chi connectivity index (χ2n) is 3.50. The number of thioether (sulfide) groups is 1. The minimum absolute atomic E-state index is 0. The maximum Gasteiger partial charge on any atom is 2.00 e. The normalized spacial score (nSPS) is 9.06. The monoisotopic (exact) mass is 310 g/mol. The van der Waals surface area contributed by atoms with Gasteiger partial charge in [-0.05, 0) is 12.2 Å². The van der Waals surface area contributed by atoms with Crippen molar-refractivity contribution in [3.05, 3.63) is 30.3 Å². The Balaban J connectivity index is 0. The summed E-state index contributed by atoms with van der Waals surface area (Å²) >= 11 is 1.96. The molecule has 1 aromatic carbocycles. The van der Waals surface area contributed by atoms with Gasteiger partial charge in [-0.2, -0.15) is 42.1 Å². The Kier molecular flexibility index (Phi) is 16.6. The van der Waals surface area contributed by atoms with E-state index in [0.29, 0.717) is 0 Å². The molecule has 0 aliphatic carbocycles. The summed E-state index contributed by atoms with van der Waals surface area (Å²) < 4.78 is 0. The van der Waals surface area contributed by atoms with Crippen LogP contribution in [0.5, 0.6) is 0 Å². The van der Waals surface area contributed by atoms with E-state index in [2.05, 4.69) is 25.1 Å². The Morgan fingerprint density at radius 2 is 1.69 bits per heavy atom. The zero-order chi connectivity index (χ0) is 10.1. The molecule has 0 fully saturated rings. The minimum Gasteiger partial charge on any atom is -1.00 e. The van der Waals surface area contributed by atoms with Crippen molar-refractivity contribution in [1.82, 2.24) is 0 Å². The molecule has 0 aliphatic heterocycles. The van der Waals surface area contributed by atoms with E-state index in [0.717, 1.165) is 0 Å². The molecule has 0 aromatic heterocycles. The molecular weight excluding hydrogens is 292 g/mol. The van der Waals surface area contributed by atoms with E-state index in [9.17, 15) is 0 Å². The fraction of sp³-hybridized carbons (Fsp3) is 0.538. The summed E-state index contributed by atoms with van der Waals surface area (Å²) in [5.41, 5.74) is 0. The van der Waals surface area contributed by atoms with E-state index >= 15 is 0 Å². The SMILES string of the molecule is CCCCCCCSc1cc[c-]cc1.[Br-].[Mg+2]. The van der Waals surface area contributed by atoms with Crippen LogP contribution < -0.4 is 17.0 Å². The number of halogens is 1. The molecule has 1 rings (SSSR count). The van der Waals surface area contributed by atoms with Crippen LogP contribution in [0.2, 0.25) is 0 Å². The van der Waals surface area contributed by atoms with Crippen molar-refractivity contribution in [3.8, 4) is 0 Å². The van der Waals surface area contributed by atoms with E-state index in [1.54, 1.807) is 0 Å². The third kappa shape index (κ3) is 10.0. The van der Waals surface area contributed by atoms with E-state index in [1.807, 2.05) is 23.9 Å². The summed E-state index contributed by atoms with van der Waals surface area (Å²) in [4.78, 5) is 1.37. The summed E-state index contributed by atoms with van der Waals surface area (Å²) in [6.45, 7) is 2.26. The number of rotatable bonds is 7. The van der Waals surface area contributed by atoms with Crippen LogP contribution >= 0.6 is 11.8 Å². The largest absolute Gasteiger partial charge is 2.00 e. The molecule has 0 saturated heterocycles. The van der Waals surface area contributed by atoms with Crippen molar-refractivity contribution < 1.29 is 17.0 Å². The first-order chi connectivity index (χ1) is 6.93. The van der Waals surface area contributed by atoms with Gasteiger partial charge >= 0.3 is 23.1 Å². The molecule has 1 aromatic rings. The minimum atomic E-state index is 0. The van der Waals surface area contributed by atoms with Gasteiger partial charge in [0.25, 0.3) is 0 Å². The number of benzene rings is 1. The Morgan fingerprint density at radius 1 is 1.06 bits per heavy atom. The Labute approximate surface area is 131 Å². The molecule has 0 unspecified atom stereocenters. The van der Waals surface area contributed by atoms with Gasteiger partial charge in [0.2, 0.25) is 0 Å². The Hall–Kier alpha value is 0.816. The smallest absolute Gasteiger partial charge is 1.00 e. The molecular formula is C13H19BrMgS. The average Bonchev–Trinajstić information content (AvgIpc) is 2.25. The average molecular weight is 312 g/mol. The van der Waals surface area contributed by atoms with Crippen molar-refractivity contribution >= 4 is 34.8 Å². The van der Waals surface area contributed by atoms with Gasteiger partial charge in [0.15, 0.2) is 0 Å². The first-order valence-corrected chi connectivity index (χ1v) is 6.51. The summed E-state index contributed by atoms with van der Waals surface area (Å²) in [7, 11) is 0. The van der Waals surface area contributed by atoms with E-state index in [-0.39, 0.29) is 40.0 Å². The van der Waals surface area contributed by atoms with Gasteiger partial charge in [-0.1, -0.05) is 32.6 Å². The van der Waals surface area contributed by atoms with Gasteiger partial charge in [0.1, 0.15) is 0 Å². The van der Waals surface area contributed by atoms with Crippen LogP contribution in [0.4, 0.5) is 0 Å². The van der Waals surface area contributed by atoms with Crippen LogP contribution in [-0.4, -0.2) is 28.8 Å². The van der Waals surface area contributed by atoms with Gasteiger partial charge in [-0.25, -0.2) is 0 Å². The summed E-state index contributed by atoms with van der Waals surface area (Å²) in [6.07, 6.45) is 6.87. The van der Waals surface area contributed by atoms with Crippen molar-refractivity contribution in [1.29, 1.82) is 0 Å². The summed E-state index contributed by atoms with van der Waals surface area (Å²) in [6, 6.07) is 11.3. The molecule has 0 radical (unpaired) electrons. The van der Waals surface area contributed by atoms with Crippen molar-refractivity contribution in [2.45, 2.75) is 43.9 Å². The second-order valence-corrected chi connectivity index (χ2v) is 4.67. The predicted molar refractivity (Wildman–Crippen MR) is 70.5 cm³/mol. The van der Waals surface area contributed by atoms with Crippen LogP contribution in [0, 0.1) is 6.07 Å². The molecule has 0 bridgehead atoms. The first kappa shape index (κ1) is 19.2. The maximum atomic E-state index is 3.04. The topological polar surface area (TPSA) is 0 Å². The van der Waals surface area contributed by atoms with Crippen molar-refractivity contribution in [3.63, 3.8) is 0 Å². The summed E-state index contributed by atoms with van der Waals surface area (Å²) in [5, 5.41) is 0. The molecule has 0 N–H and O–H groups in total. The number of hydrogen-bond acceptors (Lipinski definition) is 1. The fourth-order valence-corrected chi connectivity index (χ4v) is 2.28. The molecule has 3 heteroatoms. The third-order valence-corrected chi connectivity index (χ3v) is 3.30. The number of unbranched alkanes of at least 4 members (excludes halogenated alkanes) is 4. The Bertz CT molecular complexity index is 229. The van der Waals surface area contributed by atoms with E-state index in [1.165, 1.54) is 42.8 Å². The molecule has 16 heavy (non-hydrogen) atoms. The molecule has 0 aliphatic rings. The molecule has 0 nitrogen and oxygen atoms in total. The molecule has 0 amide bonds. The van der Waals surface area contributed by atoms with Gasteiger partial charge in [0, 0.05) is 0 Å². The van der Waals surface area contributed by atoms with Crippen molar-refractivity contribution in [2.75, 3.05) is 5.75 Å². The Morgan fingerprint density at radius 3 is 2.31 bits per heavy atom. The van der Waals surface area contributed by atoms with E-state index in [4.69, 9.17) is 0 Å². The van der Waals surface area contributed by atoms with Gasteiger partial charge in [0.05, 0.1) is 0 Å². The zero-order valence-corrected chi connectivity index (χ0v) is 13.9. The standard InChI is InChI=1S/C13H19S.BrH.Mg/c1-2-3-4-5-9-12-14-13-10-7-6-8-11-13;;/h7-8,10-11H,2-5,9,12H2,1H3;1H;/q-1;;+2/p-1. The number of hydrogen-bond donors (Lipinski definition) is 0. The third-order valence-electron chi connectivity index (χ3n) is 2.20. The molecule has 0 saturated carbocycles. The molecule has 86 valence electrons. The maximum absolute atomic E-state index is 3.04. The second kappa shape index (κ2) is 13.9. The quantitative estimate of drug-likeness (QED) is 0.315. The van der Waals surface area contributed by atoms with Gasteiger partial charge in [-0.3, -0.25) is 0 Å². The van der Waals surface area contributed by atoms with Crippen LogP contribution in [-0.2, 0) is 0 Å². The first-order valence-electron chi connectivity index (χ1n) is 5.52. The van der Waals surface area contributed by atoms with Crippen LogP contribution in [0.3, 0.4) is 0 Å². The molecule has 0 atom stereocenters. The predicted octanol–water partition coefficient (Wildman–Crippen LogP) is 1.17. The van der Waals surface area contributed by atoms with E-state index < -0.39 is 0 Å². The zero-order valence-electron chi connectivity index (χ0n) is 10.0.